The van der Waals surface area contributed by atoms with Crippen molar-refractivity contribution in [2.75, 3.05) is 13.2 Å². The van der Waals surface area contributed by atoms with Crippen LogP contribution in [0.15, 0.2) is 65.6 Å². The van der Waals surface area contributed by atoms with E-state index in [2.05, 4.69) is 10.3 Å². The summed E-state index contributed by atoms with van der Waals surface area (Å²) in [6, 6.07) is 17.0. The average Bonchev–Trinajstić information content (AvgIpc) is 2.59. The summed E-state index contributed by atoms with van der Waals surface area (Å²) in [5.41, 5.74) is -0.307. The van der Waals surface area contributed by atoms with Crippen molar-refractivity contribution in [2.45, 2.75) is 0 Å². The topological polar surface area (TPSA) is 71.2 Å². The van der Waals surface area contributed by atoms with Gasteiger partial charge in [-0.1, -0.05) is 30.3 Å². The zero-order valence-corrected chi connectivity index (χ0v) is 12.4. The van der Waals surface area contributed by atoms with Crippen LogP contribution in [0.3, 0.4) is 0 Å². The smallest absolute Gasteiger partial charge is 0.260 e. The average molecular weight is 308 g/mol. The fourth-order valence-corrected chi connectivity index (χ4v) is 2.29. The van der Waals surface area contributed by atoms with Crippen LogP contribution in [-0.4, -0.2) is 24.0 Å². The molecular formula is C18H16N2O3. The molecule has 0 aliphatic carbocycles. The van der Waals surface area contributed by atoms with Crippen molar-refractivity contribution >= 4 is 16.7 Å². The van der Waals surface area contributed by atoms with Crippen LogP contribution >= 0.6 is 0 Å². The number of hydrogen-bond donors (Lipinski definition) is 2. The third-order valence-electron chi connectivity index (χ3n) is 3.44. The summed E-state index contributed by atoms with van der Waals surface area (Å²) >= 11 is 0. The molecule has 0 aliphatic rings. The van der Waals surface area contributed by atoms with Gasteiger partial charge in [-0.05, 0) is 35.0 Å². The monoisotopic (exact) mass is 308 g/mol. The minimum absolute atomic E-state index is 0.0956. The first-order valence-corrected chi connectivity index (χ1v) is 7.31. The first-order chi connectivity index (χ1) is 11.2. The summed E-state index contributed by atoms with van der Waals surface area (Å²) in [6.45, 7) is 0.648. The summed E-state index contributed by atoms with van der Waals surface area (Å²) in [7, 11) is 0. The highest BCUT2D eigenvalue weighted by molar-refractivity contribution is 5.93. The molecule has 1 aromatic heterocycles. The van der Waals surface area contributed by atoms with Gasteiger partial charge in [0.1, 0.15) is 17.9 Å². The highest BCUT2D eigenvalue weighted by atomic mass is 16.5. The molecule has 0 bridgehead atoms. The molecule has 3 aromatic rings. The van der Waals surface area contributed by atoms with Crippen molar-refractivity contribution in [3.63, 3.8) is 0 Å². The molecule has 2 aromatic carbocycles. The number of H-pyrrole nitrogens is 1. The molecule has 23 heavy (non-hydrogen) atoms. The number of pyridine rings is 1. The van der Waals surface area contributed by atoms with Crippen molar-refractivity contribution in [1.82, 2.24) is 10.3 Å². The molecule has 0 atom stereocenters. The second-order valence-corrected chi connectivity index (χ2v) is 5.03. The van der Waals surface area contributed by atoms with Crippen LogP contribution in [0.1, 0.15) is 10.4 Å². The Morgan fingerprint density at radius 2 is 1.87 bits per heavy atom. The number of fused-ring (bicyclic) bond motifs is 1. The van der Waals surface area contributed by atoms with Gasteiger partial charge in [-0.3, -0.25) is 9.59 Å². The Morgan fingerprint density at radius 3 is 2.70 bits per heavy atom. The lowest BCUT2D eigenvalue weighted by Crippen LogP contribution is -2.32. The molecule has 5 heteroatoms. The molecule has 0 spiro atoms. The molecule has 0 saturated heterocycles. The molecule has 0 radical (unpaired) electrons. The van der Waals surface area contributed by atoms with E-state index >= 15 is 0 Å². The number of carbonyl (C=O) groups is 1. The maximum absolute atomic E-state index is 11.9. The van der Waals surface area contributed by atoms with E-state index < -0.39 is 11.5 Å². The summed E-state index contributed by atoms with van der Waals surface area (Å²) in [5, 5.41) is 4.91. The fourth-order valence-electron chi connectivity index (χ4n) is 2.29. The predicted octanol–water partition coefficient (Wildman–Crippen LogP) is 2.34. The summed E-state index contributed by atoms with van der Waals surface area (Å²) < 4.78 is 5.63. The van der Waals surface area contributed by atoms with Crippen LogP contribution < -0.4 is 15.6 Å². The number of ether oxygens (including phenoxy) is 1. The van der Waals surface area contributed by atoms with E-state index in [9.17, 15) is 9.59 Å². The fraction of sp³-hybridized carbons (Fsp3) is 0.111. The van der Waals surface area contributed by atoms with Gasteiger partial charge < -0.3 is 15.0 Å². The molecule has 3 rings (SSSR count). The lowest BCUT2D eigenvalue weighted by atomic mass is 10.1. The Morgan fingerprint density at radius 1 is 1.04 bits per heavy atom. The van der Waals surface area contributed by atoms with Crippen molar-refractivity contribution in [1.29, 1.82) is 0 Å². The third-order valence-corrected chi connectivity index (χ3v) is 3.44. The molecule has 116 valence electrons. The number of nitrogens with one attached hydrogen (secondary N) is 2. The lowest BCUT2D eigenvalue weighted by Gasteiger charge is -2.08. The van der Waals surface area contributed by atoms with Crippen molar-refractivity contribution in [3.05, 3.63) is 76.7 Å². The van der Waals surface area contributed by atoms with Crippen LogP contribution in [0.4, 0.5) is 0 Å². The van der Waals surface area contributed by atoms with E-state index in [1.165, 1.54) is 12.3 Å². The number of aromatic amines is 1. The van der Waals surface area contributed by atoms with E-state index in [4.69, 9.17) is 4.74 Å². The van der Waals surface area contributed by atoms with E-state index in [0.717, 1.165) is 16.5 Å². The van der Waals surface area contributed by atoms with Crippen LogP contribution in [0.25, 0.3) is 10.8 Å². The Labute approximate surface area is 132 Å². The van der Waals surface area contributed by atoms with Gasteiger partial charge in [0.2, 0.25) is 0 Å². The van der Waals surface area contributed by atoms with Gasteiger partial charge in [-0.15, -0.1) is 0 Å². The number of rotatable bonds is 5. The Kier molecular flexibility index (Phi) is 4.38. The standard InChI is InChI=1S/C18H16N2O3/c21-17-16(6-3-9-19-17)18(22)20-10-11-23-15-8-7-13-4-1-2-5-14(13)12-15/h1-9,12H,10-11H2,(H,19,21)(H,20,22). The van der Waals surface area contributed by atoms with Gasteiger partial charge in [0.15, 0.2) is 0 Å². The van der Waals surface area contributed by atoms with Crippen LogP contribution in [0.5, 0.6) is 5.75 Å². The summed E-state index contributed by atoms with van der Waals surface area (Å²) in [5.74, 6) is 0.337. The second kappa shape index (κ2) is 6.79. The number of carbonyl (C=O) groups excluding carboxylic acids is 1. The predicted molar refractivity (Wildman–Crippen MR) is 88.8 cm³/mol. The Bertz CT molecular complexity index is 886. The van der Waals surface area contributed by atoms with E-state index in [1.807, 2.05) is 42.5 Å². The number of amides is 1. The highest BCUT2D eigenvalue weighted by Crippen LogP contribution is 2.20. The van der Waals surface area contributed by atoms with Crippen LogP contribution in [0, 0.1) is 0 Å². The molecule has 0 unspecified atom stereocenters. The van der Waals surface area contributed by atoms with E-state index in [0.29, 0.717) is 13.2 Å². The van der Waals surface area contributed by atoms with Crippen molar-refractivity contribution in [3.8, 4) is 5.75 Å². The minimum Gasteiger partial charge on any atom is -0.492 e. The van der Waals surface area contributed by atoms with Crippen molar-refractivity contribution in [2.24, 2.45) is 0 Å². The first kappa shape index (κ1) is 14.8. The minimum atomic E-state index is -0.408. The second-order valence-electron chi connectivity index (χ2n) is 5.03. The molecular weight excluding hydrogens is 292 g/mol. The van der Waals surface area contributed by atoms with Crippen LogP contribution in [-0.2, 0) is 0 Å². The molecule has 1 heterocycles. The SMILES string of the molecule is O=C(NCCOc1ccc2ccccc2c1)c1ccc[nH]c1=O. The molecule has 0 fully saturated rings. The quantitative estimate of drug-likeness (QED) is 0.711. The molecule has 1 amide bonds. The first-order valence-electron chi connectivity index (χ1n) is 7.31. The van der Waals surface area contributed by atoms with Gasteiger partial charge in [0, 0.05) is 6.20 Å². The molecule has 5 nitrogen and oxygen atoms in total. The molecule has 0 aliphatic heterocycles. The zero-order chi connectivity index (χ0) is 16.1. The van der Waals surface area contributed by atoms with Gasteiger partial charge in [0.25, 0.3) is 11.5 Å². The maximum Gasteiger partial charge on any atom is 0.260 e. The van der Waals surface area contributed by atoms with Crippen LogP contribution in [0.2, 0.25) is 0 Å². The Balaban J connectivity index is 1.54. The van der Waals surface area contributed by atoms with E-state index in [1.54, 1.807) is 6.07 Å². The Hall–Kier alpha value is -3.08. The largest absolute Gasteiger partial charge is 0.492 e. The number of hydrogen-bond acceptors (Lipinski definition) is 3. The summed E-state index contributed by atoms with van der Waals surface area (Å²) in [6.07, 6.45) is 1.49. The van der Waals surface area contributed by atoms with Crippen molar-refractivity contribution < 1.29 is 9.53 Å². The third kappa shape index (κ3) is 3.58. The molecule has 0 saturated carbocycles. The summed E-state index contributed by atoms with van der Waals surface area (Å²) in [4.78, 5) is 25.8. The zero-order valence-electron chi connectivity index (χ0n) is 12.4. The number of aromatic nitrogens is 1. The maximum atomic E-state index is 11.9. The van der Waals surface area contributed by atoms with Gasteiger partial charge in [0.05, 0.1) is 6.54 Å². The highest BCUT2D eigenvalue weighted by Gasteiger charge is 2.08. The van der Waals surface area contributed by atoms with Gasteiger partial charge >= 0.3 is 0 Å². The molecule has 2 N–H and O–H groups in total. The lowest BCUT2D eigenvalue weighted by molar-refractivity contribution is 0.0945. The van der Waals surface area contributed by atoms with Gasteiger partial charge in [-0.25, -0.2) is 0 Å². The van der Waals surface area contributed by atoms with E-state index in [-0.39, 0.29) is 5.56 Å². The van der Waals surface area contributed by atoms with Gasteiger partial charge in [-0.2, -0.15) is 0 Å². The normalized spacial score (nSPS) is 10.4. The number of benzene rings is 2.